The van der Waals surface area contributed by atoms with Gasteiger partial charge in [0.1, 0.15) is 12.4 Å². The van der Waals surface area contributed by atoms with Gasteiger partial charge in [0.05, 0.1) is 17.2 Å². The highest BCUT2D eigenvalue weighted by Crippen LogP contribution is 2.08. The molecule has 0 bridgehead atoms. The second-order valence-electron chi connectivity index (χ2n) is 4.41. The van der Waals surface area contributed by atoms with Crippen molar-refractivity contribution in [1.82, 2.24) is 14.5 Å². The molecule has 1 aromatic carbocycles. The van der Waals surface area contributed by atoms with Crippen molar-refractivity contribution in [2.45, 2.75) is 20.4 Å². The standard InChI is InChI=1S/C14H16FN3O2/c1-3-17(4-2)13(19)8-18-9-16-12-7-10(15)5-6-11(12)14(18)20/h5-7,9H,3-4,8H2,1-2H3. The summed E-state index contributed by atoms with van der Waals surface area (Å²) in [5.74, 6) is -0.582. The summed E-state index contributed by atoms with van der Waals surface area (Å²) in [6, 6.07) is 3.80. The lowest BCUT2D eigenvalue weighted by Gasteiger charge is -2.19. The van der Waals surface area contributed by atoms with Crippen LogP contribution in [0.2, 0.25) is 0 Å². The van der Waals surface area contributed by atoms with E-state index in [9.17, 15) is 14.0 Å². The van der Waals surface area contributed by atoms with Gasteiger partial charge in [0.2, 0.25) is 5.91 Å². The van der Waals surface area contributed by atoms with Crippen LogP contribution in [0.3, 0.4) is 0 Å². The topological polar surface area (TPSA) is 55.2 Å². The molecule has 106 valence electrons. The van der Waals surface area contributed by atoms with Crippen LogP contribution in [0, 0.1) is 5.82 Å². The van der Waals surface area contributed by atoms with Gasteiger partial charge in [-0.2, -0.15) is 0 Å². The van der Waals surface area contributed by atoms with E-state index in [1.165, 1.54) is 29.1 Å². The molecule has 1 heterocycles. The van der Waals surface area contributed by atoms with Gasteiger partial charge in [0.15, 0.2) is 0 Å². The van der Waals surface area contributed by atoms with E-state index in [4.69, 9.17) is 0 Å². The summed E-state index contributed by atoms with van der Waals surface area (Å²) in [6.07, 6.45) is 1.28. The maximum Gasteiger partial charge on any atom is 0.261 e. The van der Waals surface area contributed by atoms with Crippen LogP contribution in [0.1, 0.15) is 13.8 Å². The van der Waals surface area contributed by atoms with E-state index < -0.39 is 5.82 Å². The molecule has 1 amide bonds. The van der Waals surface area contributed by atoms with Crippen molar-refractivity contribution in [2.75, 3.05) is 13.1 Å². The number of nitrogens with zero attached hydrogens (tertiary/aromatic N) is 3. The molecule has 1 aromatic heterocycles. The molecule has 0 N–H and O–H groups in total. The van der Waals surface area contributed by atoms with Crippen LogP contribution in [-0.2, 0) is 11.3 Å². The molecular formula is C14H16FN3O2. The van der Waals surface area contributed by atoms with E-state index in [2.05, 4.69) is 4.98 Å². The lowest BCUT2D eigenvalue weighted by Crippen LogP contribution is -2.36. The Morgan fingerprint density at radius 3 is 2.70 bits per heavy atom. The molecule has 0 saturated carbocycles. The molecule has 20 heavy (non-hydrogen) atoms. The average molecular weight is 277 g/mol. The fourth-order valence-electron chi connectivity index (χ4n) is 2.07. The molecule has 0 fully saturated rings. The molecule has 2 aromatic rings. The number of hydrogen-bond acceptors (Lipinski definition) is 3. The van der Waals surface area contributed by atoms with E-state index in [-0.39, 0.29) is 18.0 Å². The normalized spacial score (nSPS) is 10.8. The highest BCUT2D eigenvalue weighted by atomic mass is 19.1. The van der Waals surface area contributed by atoms with Gasteiger partial charge < -0.3 is 4.90 Å². The first kappa shape index (κ1) is 14.2. The van der Waals surface area contributed by atoms with E-state index >= 15 is 0 Å². The van der Waals surface area contributed by atoms with Crippen molar-refractivity contribution >= 4 is 16.8 Å². The Morgan fingerprint density at radius 1 is 1.35 bits per heavy atom. The maximum atomic E-state index is 13.1. The molecule has 5 nitrogen and oxygen atoms in total. The highest BCUT2D eigenvalue weighted by Gasteiger charge is 2.12. The minimum Gasteiger partial charge on any atom is -0.342 e. The van der Waals surface area contributed by atoms with Gasteiger partial charge in [-0.3, -0.25) is 14.2 Å². The van der Waals surface area contributed by atoms with Crippen LogP contribution in [0.15, 0.2) is 29.3 Å². The lowest BCUT2D eigenvalue weighted by molar-refractivity contribution is -0.131. The summed E-state index contributed by atoms with van der Waals surface area (Å²) in [7, 11) is 0. The first-order valence-electron chi connectivity index (χ1n) is 6.49. The SMILES string of the molecule is CCN(CC)C(=O)Cn1cnc2cc(F)ccc2c1=O. The largest absolute Gasteiger partial charge is 0.342 e. The average Bonchev–Trinajstić information content (AvgIpc) is 2.43. The number of aromatic nitrogens is 2. The van der Waals surface area contributed by atoms with Crippen molar-refractivity contribution in [3.63, 3.8) is 0 Å². The zero-order chi connectivity index (χ0) is 14.7. The van der Waals surface area contributed by atoms with Gasteiger partial charge in [0.25, 0.3) is 5.56 Å². The monoisotopic (exact) mass is 277 g/mol. The number of halogens is 1. The van der Waals surface area contributed by atoms with Crippen LogP contribution in [-0.4, -0.2) is 33.4 Å². The van der Waals surface area contributed by atoms with Gasteiger partial charge in [-0.05, 0) is 26.0 Å². The summed E-state index contributed by atoms with van der Waals surface area (Å²) in [6.45, 7) is 4.89. The third-order valence-electron chi connectivity index (χ3n) is 3.21. The van der Waals surface area contributed by atoms with Crippen molar-refractivity contribution in [2.24, 2.45) is 0 Å². The van der Waals surface area contributed by atoms with E-state index in [1.807, 2.05) is 13.8 Å². The summed E-state index contributed by atoms with van der Waals surface area (Å²) in [4.78, 5) is 29.9. The maximum absolute atomic E-state index is 13.1. The molecule has 0 spiro atoms. The van der Waals surface area contributed by atoms with Crippen LogP contribution < -0.4 is 5.56 Å². The number of carbonyl (C=O) groups is 1. The number of benzene rings is 1. The zero-order valence-electron chi connectivity index (χ0n) is 11.5. The first-order chi connectivity index (χ1) is 9.56. The Bertz CT molecular complexity index is 692. The number of rotatable bonds is 4. The quantitative estimate of drug-likeness (QED) is 0.849. The summed E-state index contributed by atoms with van der Waals surface area (Å²) in [5.41, 5.74) is -0.0444. The lowest BCUT2D eigenvalue weighted by atomic mass is 10.2. The molecule has 6 heteroatoms. The third kappa shape index (κ3) is 2.68. The van der Waals surface area contributed by atoms with Crippen LogP contribution in [0.25, 0.3) is 10.9 Å². The van der Waals surface area contributed by atoms with Crippen LogP contribution >= 0.6 is 0 Å². The number of hydrogen-bond donors (Lipinski definition) is 0. The number of fused-ring (bicyclic) bond motifs is 1. The van der Waals surface area contributed by atoms with E-state index in [0.29, 0.717) is 24.0 Å². The van der Waals surface area contributed by atoms with Gasteiger partial charge >= 0.3 is 0 Å². The van der Waals surface area contributed by atoms with Gasteiger partial charge in [-0.15, -0.1) is 0 Å². The molecule has 2 rings (SSSR count). The predicted octanol–water partition coefficient (Wildman–Crippen LogP) is 1.40. The first-order valence-corrected chi connectivity index (χ1v) is 6.49. The Hall–Kier alpha value is -2.24. The summed E-state index contributed by atoms with van der Waals surface area (Å²) >= 11 is 0. The third-order valence-corrected chi connectivity index (χ3v) is 3.21. The Morgan fingerprint density at radius 2 is 2.05 bits per heavy atom. The molecule has 0 aliphatic heterocycles. The Labute approximate surface area is 115 Å². The molecule has 0 aliphatic rings. The predicted molar refractivity (Wildman–Crippen MR) is 73.9 cm³/mol. The van der Waals surface area contributed by atoms with Crippen LogP contribution in [0.5, 0.6) is 0 Å². The minimum absolute atomic E-state index is 0.0547. The minimum atomic E-state index is -0.443. The molecule has 0 radical (unpaired) electrons. The fraction of sp³-hybridized carbons (Fsp3) is 0.357. The molecule has 0 aliphatic carbocycles. The number of likely N-dealkylation sites (N-methyl/N-ethyl adjacent to an activating group) is 1. The molecule has 0 atom stereocenters. The summed E-state index contributed by atoms with van der Waals surface area (Å²) in [5, 5.41) is 0.307. The molecule has 0 unspecified atom stereocenters. The number of amides is 1. The van der Waals surface area contributed by atoms with Gasteiger partial charge in [-0.1, -0.05) is 0 Å². The second-order valence-corrected chi connectivity index (χ2v) is 4.41. The zero-order valence-corrected chi connectivity index (χ0v) is 11.5. The van der Waals surface area contributed by atoms with Gasteiger partial charge in [0, 0.05) is 19.2 Å². The highest BCUT2D eigenvalue weighted by molar-refractivity contribution is 5.79. The van der Waals surface area contributed by atoms with Crippen LogP contribution in [0.4, 0.5) is 4.39 Å². The van der Waals surface area contributed by atoms with E-state index in [0.717, 1.165) is 0 Å². The smallest absolute Gasteiger partial charge is 0.261 e. The Kier molecular flexibility index (Phi) is 4.12. The van der Waals surface area contributed by atoms with Crippen molar-refractivity contribution < 1.29 is 9.18 Å². The molecule has 0 saturated heterocycles. The van der Waals surface area contributed by atoms with Crippen molar-refractivity contribution in [3.05, 3.63) is 40.7 Å². The van der Waals surface area contributed by atoms with Gasteiger partial charge in [-0.25, -0.2) is 9.37 Å². The Balaban J connectivity index is 2.37. The van der Waals surface area contributed by atoms with Crippen molar-refractivity contribution in [3.8, 4) is 0 Å². The van der Waals surface area contributed by atoms with E-state index in [1.54, 1.807) is 4.90 Å². The second kappa shape index (κ2) is 5.81. The fourth-order valence-corrected chi connectivity index (χ4v) is 2.07. The molecular weight excluding hydrogens is 261 g/mol. The summed E-state index contributed by atoms with van der Waals surface area (Å²) < 4.78 is 14.3. The van der Waals surface area contributed by atoms with Crippen molar-refractivity contribution in [1.29, 1.82) is 0 Å². The number of carbonyl (C=O) groups excluding carboxylic acids is 1.